The van der Waals surface area contributed by atoms with Crippen molar-refractivity contribution in [2.45, 2.75) is 13.3 Å². The monoisotopic (exact) mass is 424 g/mol. The van der Waals surface area contributed by atoms with E-state index in [0.717, 1.165) is 16.5 Å². The van der Waals surface area contributed by atoms with Gasteiger partial charge < -0.3 is 14.9 Å². The molecule has 0 atom stereocenters. The maximum absolute atomic E-state index is 11.8. The summed E-state index contributed by atoms with van der Waals surface area (Å²) in [7, 11) is 0. The standard InChI is InChI=1S/C18H18BrClN2O3/c1-2-9-24-17-8-3-14(19)10-13(17)11-21-25-12-18(23)22-16-6-4-15(20)5-7-16/h3-8,10-11H,2,9,12H2,1H3,(H,22,23). The summed E-state index contributed by atoms with van der Waals surface area (Å²) in [6.07, 6.45) is 2.43. The Morgan fingerprint density at radius 3 is 2.76 bits per heavy atom. The summed E-state index contributed by atoms with van der Waals surface area (Å²) in [5, 5.41) is 7.13. The third kappa shape index (κ3) is 6.76. The van der Waals surface area contributed by atoms with Gasteiger partial charge in [-0.15, -0.1) is 0 Å². The molecule has 0 aromatic heterocycles. The second-order valence-corrected chi connectivity index (χ2v) is 6.45. The van der Waals surface area contributed by atoms with E-state index in [-0.39, 0.29) is 12.5 Å². The summed E-state index contributed by atoms with van der Waals surface area (Å²) in [5.74, 6) is 0.402. The number of ether oxygens (including phenoxy) is 1. The van der Waals surface area contributed by atoms with E-state index < -0.39 is 0 Å². The Morgan fingerprint density at radius 2 is 2.04 bits per heavy atom. The molecule has 0 bridgehead atoms. The molecule has 0 spiro atoms. The minimum atomic E-state index is -0.309. The first-order valence-electron chi connectivity index (χ1n) is 7.71. The number of nitrogens with zero attached hydrogens (tertiary/aromatic N) is 1. The van der Waals surface area contributed by atoms with Crippen LogP contribution in [0.15, 0.2) is 52.1 Å². The maximum Gasteiger partial charge on any atom is 0.265 e. The molecule has 0 saturated carbocycles. The molecule has 0 heterocycles. The van der Waals surface area contributed by atoms with Gasteiger partial charge in [0.15, 0.2) is 6.61 Å². The summed E-state index contributed by atoms with van der Waals surface area (Å²) < 4.78 is 6.55. The summed E-state index contributed by atoms with van der Waals surface area (Å²) in [6.45, 7) is 2.46. The van der Waals surface area contributed by atoms with Crippen LogP contribution in [0.4, 0.5) is 5.69 Å². The van der Waals surface area contributed by atoms with Crippen LogP contribution in [-0.2, 0) is 9.63 Å². The SMILES string of the molecule is CCCOc1ccc(Br)cc1C=NOCC(=O)Nc1ccc(Cl)cc1. The fourth-order valence-corrected chi connectivity index (χ4v) is 2.39. The zero-order valence-corrected chi connectivity index (χ0v) is 16.0. The second kappa shape index (κ2) is 10.1. The number of halogens is 2. The van der Waals surface area contributed by atoms with Gasteiger partial charge in [-0.05, 0) is 48.9 Å². The van der Waals surface area contributed by atoms with Crippen molar-refractivity contribution >= 4 is 45.3 Å². The fourth-order valence-electron chi connectivity index (χ4n) is 1.88. The maximum atomic E-state index is 11.8. The number of anilines is 1. The normalized spacial score (nSPS) is 10.7. The van der Waals surface area contributed by atoms with Crippen molar-refractivity contribution in [1.29, 1.82) is 0 Å². The molecule has 5 nitrogen and oxygen atoms in total. The molecule has 0 aliphatic rings. The van der Waals surface area contributed by atoms with E-state index in [2.05, 4.69) is 26.4 Å². The Labute approximate surface area is 160 Å². The Bertz CT molecular complexity index is 736. The Hall–Kier alpha value is -2.05. The average molecular weight is 426 g/mol. The number of oxime groups is 1. The van der Waals surface area contributed by atoms with Crippen LogP contribution in [-0.4, -0.2) is 25.3 Å². The highest BCUT2D eigenvalue weighted by Crippen LogP contribution is 2.22. The molecule has 7 heteroatoms. The number of nitrogens with one attached hydrogen (secondary N) is 1. The lowest BCUT2D eigenvalue weighted by Crippen LogP contribution is -2.16. The van der Waals surface area contributed by atoms with Gasteiger partial charge in [0.1, 0.15) is 5.75 Å². The summed E-state index contributed by atoms with van der Waals surface area (Å²) in [5.41, 5.74) is 1.41. The molecule has 0 aliphatic heterocycles. The summed E-state index contributed by atoms with van der Waals surface area (Å²) in [6, 6.07) is 12.4. The van der Waals surface area contributed by atoms with Gasteiger partial charge in [-0.1, -0.05) is 39.6 Å². The number of carbonyl (C=O) groups excluding carboxylic acids is 1. The highest BCUT2D eigenvalue weighted by atomic mass is 79.9. The summed E-state index contributed by atoms with van der Waals surface area (Å²) >= 11 is 9.20. The van der Waals surface area contributed by atoms with E-state index in [9.17, 15) is 4.79 Å². The Morgan fingerprint density at radius 1 is 1.28 bits per heavy atom. The fraction of sp³-hybridized carbons (Fsp3) is 0.222. The number of hydrogen-bond acceptors (Lipinski definition) is 4. The molecule has 132 valence electrons. The molecular weight excluding hydrogens is 408 g/mol. The van der Waals surface area contributed by atoms with Crippen LogP contribution in [0.5, 0.6) is 5.75 Å². The molecular formula is C18H18BrClN2O3. The molecule has 2 rings (SSSR count). The number of carbonyl (C=O) groups is 1. The van der Waals surface area contributed by atoms with E-state index in [0.29, 0.717) is 23.1 Å². The van der Waals surface area contributed by atoms with Crippen molar-refractivity contribution in [3.05, 3.63) is 57.5 Å². The number of amides is 1. The van der Waals surface area contributed by atoms with Crippen LogP contribution in [0.1, 0.15) is 18.9 Å². The van der Waals surface area contributed by atoms with Crippen LogP contribution >= 0.6 is 27.5 Å². The molecule has 1 amide bonds. The smallest absolute Gasteiger partial charge is 0.265 e. The van der Waals surface area contributed by atoms with Crippen LogP contribution in [0.25, 0.3) is 0 Å². The second-order valence-electron chi connectivity index (χ2n) is 5.09. The molecule has 25 heavy (non-hydrogen) atoms. The largest absolute Gasteiger partial charge is 0.493 e. The highest BCUT2D eigenvalue weighted by molar-refractivity contribution is 9.10. The van der Waals surface area contributed by atoms with Crippen molar-refractivity contribution < 1.29 is 14.4 Å². The van der Waals surface area contributed by atoms with Crippen LogP contribution in [0, 0.1) is 0 Å². The third-order valence-corrected chi connectivity index (χ3v) is 3.77. The topological polar surface area (TPSA) is 59.9 Å². The van der Waals surface area contributed by atoms with Crippen molar-refractivity contribution in [2.75, 3.05) is 18.5 Å². The zero-order chi connectivity index (χ0) is 18.1. The Balaban J connectivity index is 1.87. The van der Waals surface area contributed by atoms with Crippen molar-refractivity contribution in [3.63, 3.8) is 0 Å². The van der Waals surface area contributed by atoms with Gasteiger partial charge in [-0.25, -0.2) is 0 Å². The minimum Gasteiger partial charge on any atom is -0.493 e. The van der Waals surface area contributed by atoms with Crippen molar-refractivity contribution in [3.8, 4) is 5.75 Å². The first-order valence-corrected chi connectivity index (χ1v) is 8.88. The van der Waals surface area contributed by atoms with Gasteiger partial charge in [0, 0.05) is 20.7 Å². The van der Waals surface area contributed by atoms with Crippen molar-refractivity contribution in [1.82, 2.24) is 0 Å². The number of hydrogen-bond donors (Lipinski definition) is 1. The lowest BCUT2D eigenvalue weighted by Gasteiger charge is -2.08. The predicted octanol–water partition coefficient (Wildman–Crippen LogP) is 4.88. The quantitative estimate of drug-likeness (QED) is 0.484. The number of rotatable bonds is 8. The van der Waals surface area contributed by atoms with Crippen molar-refractivity contribution in [2.24, 2.45) is 5.16 Å². The van der Waals surface area contributed by atoms with E-state index >= 15 is 0 Å². The van der Waals surface area contributed by atoms with Crippen LogP contribution in [0.3, 0.4) is 0 Å². The first-order chi connectivity index (χ1) is 12.1. The van der Waals surface area contributed by atoms with Gasteiger partial charge in [0.25, 0.3) is 5.91 Å². The number of benzene rings is 2. The molecule has 2 aromatic rings. The summed E-state index contributed by atoms with van der Waals surface area (Å²) in [4.78, 5) is 16.9. The Kier molecular flexibility index (Phi) is 7.76. The third-order valence-electron chi connectivity index (χ3n) is 3.02. The molecule has 0 aliphatic carbocycles. The highest BCUT2D eigenvalue weighted by Gasteiger charge is 2.04. The molecule has 0 unspecified atom stereocenters. The lowest BCUT2D eigenvalue weighted by atomic mass is 10.2. The van der Waals surface area contributed by atoms with E-state index in [4.69, 9.17) is 21.2 Å². The predicted molar refractivity (Wildman–Crippen MR) is 104 cm³/mol. The molecule has 0 saturated heterocycles. The van der Waals surface area contributed by atoms with Gasteiger partial charge in [-0.3, -0.25) is 4.79 Å². The minimum absolute atomic E-state index is 0.196. The zero-order valence-electron chi connectivity index (χ0n) is 13.7. The van der Waals surface area contributed by atoms with Crippen LogP contribution < -0.4 is 10.1 Å². The molecule has 2 aromatic carbocycles. The van der Waals surface area contributed by atoms with E-state index in [1.807, 2.05) is 25.1 Å². The van der Waals surface area contributed by atoms with Gasteiger partial charge in [0.2, 0.25) is 0 Å². The van der Waals surface area contributed by atoms with Gasteiger partial charge in [-0.2, -0.15) is 0 Å². The average Bonchev–Trinajstić information content (AvgIpc) is 2.60. The lowest BCUT2D eigenvalue weighted by molar-refractivity contribution is -0.120. The molecule has 0 fully saturated rings. The molecule has 0 radical (unpaired) electrons. The van der Waals surface area contributed by atoms with Crippen LogP contribution in [0.2, 0.25) is 5.02 Å². The van der Waals surface area contributed by atoms with Gasteiger partial charge in [0.05, 0.1) is 12.8 Å². The molecule has 1 N–H and O–H groups in total. The van der Waals surface area contributed by atoms with Gasteiger partial charge >= 0.3 is 0 Å². The van der Waals surface area contributed by atoms with E-state index in [1.165, 1.54) is 6.21 Å². The first kappa shape index (κ1) is 19.3. The van der Waals surface area contributed by atoms with E-state index in [1.54, 1.807) is 24.3 Å².